The third kappa shape index (κ3) is 4.07. The van der Waals surface area contributed by atoms with E-state index in [1.165, 1.54) is 0 Å². The molecule has 1 aromatic carbocycles. The van der Waals surface area contributed by atoms with Crippen molar-refractivity contribution in [1.82, 2.24) is 4.98 Å². The molecule has 0 aliphatic carbocycles. The van der Waals surface area contributed by atoms with Crippen LogP contribution >= 0.6 is 11.6 Å². The molecule has 0 N–H and O–H groups in total. The third-order valence-electron chi connectivity index (χ3n) is 3.79. The highest BCUT2D eigenvalue weighted by Gasteiger charge is 2.32. The molecule has 3 nitrogen and oxygen atoms in total. The molecular formula is C18H19ClN2O. The molecule has 22 heavy (non-hydrogen) atoms. The fourth-order valence-corrected chi connectivity index (χ4v) is 2.76. The summed E-state index contributed by atoms with van der Waals surface area (Å²) in [6.45, 7) is 0.643. The molecule has 1 heterocycles. The van der Waals surface area contributed by atoms with Crippen LogP contribution in [0.25, 0.3) is 0 Å². The topological polar surface area (TPSA) is 45.9 Å². The summed E-state index contributed by atoms with van der Waals surface area (Å²) in [4.78, 5) is 4.15. The molecule has 0 aliphatic heterocycles. The molecule has 0 radical (unpaired) electrons. The molecule has 1 unspecified atom stereocenters. The normalized spacial score (nSPS) is 13.3. The third-order valence-corrected chi connectivity index (χ3v) is 4.04. The number of rotatable bonds is 7. The number of nitrogens with zero attached hydrogens (tertiary/aromatic N) is 2. The van der Waals surface area contributed by atoms with Crippen LogP contribution in [-0.4, -0.2) is 18.7 Å². The van der Waals surface area contributed by atoms with Crippen molar-refractivity contribution >= 4 is 11.6 Å². The Morgan fingerprint density at radius 2 is 2.05 bits per heavy atom. The van der Waals surface area contributed by atoms with Crippen LogP contribution in [0.4, 0.5) is 0 Å². The van der Waals surface area contributed by atoms with Crippen LogP contribution in [0.15, 0.2) is 48.8 Å². The molecule has 0 saturated heterocycles. The summed E-state index contributed by atoms with van der Waals surface area (Å²) in [5.41, 5.74) is 1.45. The lowest BCUT2D eigenvalue weighted by Gasteiger charge is -2.27. The van der Waals surface area contributed by atoms with Crippen LogP contribution in [0.2, 0.25) is 5.02 Å². The Hall–Kier alpha value is -1.89. The average Bonchev–Trinajstić information content (AvgIpc) is 2.56. The minimum atomic E-state index is -0.591. The van der Waals surface area contributed by atoms with Crippen molar-refractivity contribution in [2.75, 3.05) is 13.7 Å². The van der Waals surface area contributed by atoms with Crippen molar-refractivity contribution < 1.29 is 4.74 Å². The van der Waals surface area contributed by atoms with E-state index in [1.807, 2.05) is 42.6 Å². The van der Waals surface area contributed by atoms with E-state index in [4.69, 9.17) is 16.3 Å². The van der Waals surface area contributed by atoms with Gasteiger partial charge in [0.1, 0.15) is 0 Å². The first-order valence-electron chi connectivity index (χ1n) is 7.25. The molecule has 0 bridgehead atoms. The Kier molecular flexibility index (Phi) is 5.94. The summed E-state index contributed by atoms with van der Waals surface area (Å²) in [5.74, 6) is 0. The van der Waals surface area contributed by atoms with Gasteiger partial charge in [-0.2, -0.15) is 5.26 Å². The van der Waals surface area contributed by atoms with Gasteiger partial charge in [0.2, 0.25) is 0 Å². The fourth-order valence-electron chi connectivity index (χ4n) is 2.63. The van der Waals surface area contributed by atoms with Gasteiger partial charge in [-0.1, -0.05) is 29.8 Å². The second-order valence-corrected chi connectivity index (χ2v) is 5.77. The van der Waals surface area contributed by atoms with Crippen LogP contribution in [0, 0.1) is 11.3 Å². The van der Waals surface area contributed by atoms with Gasteiger partial charge in [-0.25, -0.2) is 0 Å². The van der Waals surface area contributed by atoms with Gasteiger partial charge in [0.05, 0.1) is 11.5 Å². The highest BCUT2D eigenvalue weighted by atomic mass is 35.5. The maximum absolute atomic E-state index is 9.92. The van der Waals surface area contributed by atoms with Gasteiger partial charge in [0, 0.05) is 31.1 Å². The van der Waals surface area contributed by atoms with Gasteiger partial charge in [0.15, 0.2) is 0 Å². The Labute approximate surface area is 136 Å². The molecule has 2 rings (SSSR count). The zero-order chi connectivity index (χ0) is 15.8. The van der Waals surface area contributed by atoms with E-state index in [-0.39, 0.29) is 0 Å². The van der Waals surface area contributed by atoms with E-state index in [2.05, 4.69) is 11.1 Å². The highest BCUT2D eigenvalue weighted by molar-refractivity contribution is 6.30. The van der Waals surface area contributed by atoms with E-state index in [1.54, 1.807) is 13.3 Å². The van der Waals surface area contributed by atoms with Crippen molar-refractivity contribution in [2.45, 2.75) is 24.7 Å². The number of hydrogen-bond acceptors (Lipinski definition) is 3. The summed E-state index contributed by atoms with van der Waals surface area (Å²) in [5, 5.41) is 10.6. The number of pyridine rings is 1. The van der Waals surface area contributed by atoms with Gasteiger partial charge in [-0.15, -0.1) is 0 Å². The zero-order valence-electron chi connectivity index (χ0n) is 12.6. The van der Waals surface area contributed by atoms with E-state index < -0.39 is 5.41 Å². The van der Waals surface area contributed by atoms with Crippen molar-refractivity contribution in [3.63, 3.8) is 0 Å². The summed E-state index contributed by atoms with van der Waals surface area (Å²) >= 11 is 5.98. The Morgan fingerprint density at radius 3 is 2.64 bits per heavy atom. The lowest BCUT2D eigenvalue weighted by molar-refractivity contribution is 0.187. The number of benzene rings is 1. The largest absolute Gasteiger partial charge is 0.385 e. The minimum Gasteiger partial charge on any atom is -0.385 e. The second kappa shape index (κ2) is 7.93. The molecule has 0 saturated carbocycles. The van der Waals surface area contributed by atoms with Crippen molar-refractivity contribution in [3.8, 4) is 6.07 Å². The molecule has 0 fully saturated rings. The van der Waals surface area contributed by atoms with Gasteiger partial charge in [0.25, 0.3) is 0 Å². The molecule has 1 atom stereocenters. The number of ether oxygens (including phenoxy) is 1. The quantitative estimate of drug-likeness (QED) is 0.721. The maximum Gasteiger partial charge on any atom is 0.0864 e. The van der Waals surface area contributed by atoms with Gasteiger partial charge in [-0.05, 0) is 48.6 Å². The number of aromatic nitrogens is 1. The van der Waals surface area contributed by atoms with Crippen molar-refractivity contribution in [1.29, 1.82) is 5.26 Å². The predicted molar refractivity (Wildman–Crippen MR) is 87.8 cm³/mol. The lowest BCUT2D eigenvalue weighted by Crippen LogP contribution is -2.27. The summed E-state index contributed by atoms with van der Waals surface area (Å²) < 4.78 is 5.14. The minimum absolute atomic E-state index is 0.591. The Bertz CT molecular complexity index is 622. The molecule has 4 heteroatoms. The number of nitriles is 1. The van der Waals surface area contributed by atoms with Crippen LogP contribution in [0.1, 0.15) is 24.0 Å². The molecule has 0 spiro atoms. The lowest BCUT2D eigenvalue weighted by atomic mass is 9.74. The monoisotopic (exact) mass is 314 g/mol. The van der Waals surface area contributed by atoms with Crippen molar-refractivity contribution in [2.24, 2.45) is 0 Å². The van der Waals surface area contributed by atoms with Crippen molar-refractivity contribution in [3.05, 3.63) is 64.9 Å². The SMILES string of the molecule is COCCCC(C#N)(Cc1cccnc1)c1ccc(Cl)cc1. The van der Waals surface area contributed by atoms with Gasteiger partial charge >= 0.3 is 0 Å². The molecular weight excluding hydrogens is 296 g/mol. The second-order valence-electron chi connectivity index (χ2n) is 5.34. The summed E-state index contributed by atoms with van der Waals surface area (Å²) in [7, 11) is 1.68. The van der Waals surface area contributed by atoms with Crippen LogP contribution in [0.5, 0.6) is 0 Å². The molecule has 1 aromatic heterocycles. The Morgan fingerprint density at radius 1 is 1.27 bits per heavy atom. The predicted octanol–water partition coefficient (Wildman–Crippen LogP) is 4.17. The van der Waals surface area contributed by atoms with Gasteiger partial charge < -0.3 is 4.74 Å². The number of hydrogen-bond donors (Lipinski definition) is 0. The number of methoxy groups -OCH3 is 1. The average molecular weight is 315 g/mol. The summed E-state index contributed by atoms with van der Waals surface area (Å²) in [6.07, 6.45) is 5.74. The van der Waals surface area contributed by atoms with Gasteiger partial charge in [-0.3, -0.25) is 4.98 Å². The molecule has 2 aromatic rings. The Balaban J connectivity index is 2.33. The summed E-state index contributed by atoms with van der Waals surface area (Å²) in [6, 6.07) is 14.0. The van der Waals surface area contributed by atoms with E-state index in [0.717, 1.165) is 24.0 Å². The zero-order valence-corrected chi connectivity index (χ0v) is 13.4. The number of halogens is 1. The van der Waals surface area contributed by atoms with E-state index >= 15 is 0 Å². The molecule has 114 valence electrons. The first-order chi connectivity index (χ1) is 10.7. The van der Waals surface area contributed by atoms with Crippen LogP contribution in [0.3, 0.4) is 0 Å². The first-order valence-corrected chi connectivity index (χ1v) is 7.63. The maximum atomic E-state index is 9.92. The van der Waals surface area contributed by atoms with E-state index in [9.17, 15) is 5.26 Å². The fraction of sp³-hybridized carbons (Fsp3) is 0.333. The highest BCUT2D eigenvalue weighted by Crippen LogP contribution is 2.33. The smallest absolute Gasteiger partial charge is 0.0864 e. The van der Waals surface area contributed by atoms with Crippen LogP contribution in [-0.2, 0) is 16.6 Å². The van der Waals surface area contributed by atoms with E-state index in [0.29, 0.717) is 18.1 Å². The molecule has 0 aliphatic rings. The first kappa shape index (κ1) is 16.5. The van der Waals surface area contributed by atoms with Crippen LogP contribution < -0.4 is 0 Å². The standard InChI is InChI=1S/C18H19ClN2O/c1-22-11-3-9-18(14-20,12-15-4-2-10-21-13-15)16-5-7-17(19)8-6-16/h2,4-8,10,13H,3,9,11-12H2,1H3. The molecule has 0 amide bonds.